The van der Waals surface area contributed by atoms with Crippen LogP contribution in [0.1, 0.15) is 25.0 Å². The van der Waals surface area contributed by atoms with E-state index < -0.39 is 9.84 Å². The van der Waals surface area contributed by atoms with Gasteiger partial charge in [-0.15, -0.1) is 0 Å². The first-order valence-electron chi connectivity index (χ1n) is 12.8. The molecule has 1 N–H and O–H groups in total. The van der Waals surface area contributed by atoms with E-state index in [1.54, 1.807) is 60.7 Å². The monoisotopic (exact) mass is 573 g/mol. The molecule has 1 aliphatic rings. The number of ether oxygens (including phenoxy) is 1. The van der Waals surface area contributed by atoms with E-state index >= 15 is 0 Å². The molecule has 1 amide bonds. The van der Waals surface area contributed by atoms with Crippen molar-refractivity contribution in [3.05, 3.63) is 94.8 Å². The molecule has 1 fully saturated rings. The highest BCUT2D eigenvalue weighted by atomic mass is 35.5. The van der Waals surface area contributed by atoms with Gasteiger partial charge in [-0.25, -0.2) is 12.8 Å². The molecule has 2 atom stereocenters. The van der Waals surface area contributed by atoms with E-state index in [-0.39, 0.29) is 47.7 Å². The minimum absolute atomic E-state index is 0.0210. The van der Waals surface area contributed by atoms with Crippen LogP contribution in [0.5, 0.6) is 5.75 Å². The fourth-order valence-corrected chi connectivity index (χ4v) is 5.97. The Labute approximate surface area is 234 Å². The highest BCUT2D eigenvalue weighted by Crippen LogP contribution is 2.24. The summed E-state index contributed by atoms with van der Waals surface area (Å²) >= 11 is 6.18. The molecule has 3 aromatic rings. The van der Waals surface area contributed by atoms with Crippen LogP contribution >= 0.6 is 11.6 Å². The number of amides is 1. The van der Waals surface area contributed by atoms with E-state index in [9.17, 15) is 17.6 Å². The van der Waals surface area contributed by atoms with Crippen LogP contribution < -0.4 is 10.1 Å². The lowest BCUT2D eigenvalue weighted by atomic mass is 10.1. The lowest BCUT2D eigenvalue weighted by molar-refractivity contribution is -0.139. The van der Waals surface area contributed by atoms with Gasteiger partial charge in [0.1, 0.15) is 17.4 Å². The van der Waals surface area contributed by atoms with Gasteiger partial charge in [0.05, 0.1) is 4.90 Å². The number of carbonyl (C=O) groups excluding carboxylic acids is 1. The molecule has 0 spiro atoms. The summed E-state index contributed by atoms with van der Waals surface area (Å²) in [5, 5.41) is 3.43. The van der Waals surface area contributed by atoms with Gasteiger partial charge in [0, 0.05) is 48.8 Å². The van der Waals surface area contributed by atoms with Crippen molar-refractivity contribution >= 4 is 27.3 Å². The third-order valence-corrected chi connectivity index (χ3v) is 8.63. The zero-order valence-electron chi connectivity index (χ0n) is 22.0. The summed E-state index contributed by atoms with van der Waals surface area (Å²) in [6.45, 7) is 6.06. The predicted octanol–water partition coefficient (Wildman–Crippen LogP) is 4.50. The Balaban J connectivity index is 1.32. The van der Waals surface area contributed by atoms with Crippen molar-refractivity contribution in [3.63, 3.8) is 0 Å². The largest absolute Gasteiger partial charge is 0.483 e. The number of hydrogen-bond acceptors (Lipinski definition) is 6. The fourth-order valence-electron chi connectivity index (χ4n) is 4.67. The minimum atomic E-state index is -3.50. The molecule has 7 nitrogen and oxygen atoms in total. The highest BCUT2D eigenvalue weighted by molar-refractivity contribution is 7.91. The van der Waals surface area contributed by atoms with Crippen molar-refractivity contribution in [2.45, 2.75) is 43.9 Å². The van der Waals surface area contributed by atoms with Crippen LogP contribution in [-0.4, -0.2) is 61.8 Å². The van der Waals surface area contributed by atoms with Crippen molar-refractivity contribution in [2.24, 2.45) is 0 Å². The van der Waals surface area contributed by atoms with Crippen molar-refractivity contribution in [1.82, 2.24) is 15.1 Å². The van der Waals surface area contributed by atoms with Crippen LogP contribution in [0.4, 0.5) is 4.39 Å². The standard InChI is InChI=1S/C29H33ClFN3O4S/c1-21-17-34(22(2)16-33(21)18-23-8-11-26(31)12-9-23)29(35)19-38-28-13-10-25(30)14-24(28)15-32-20-39(36,37)27-6-4-3-5-7-27/h3-14,21-22,32H,15-20H2,1-2H3/t21-,22+/m0/s1. The molecule has 1 saturated heterocycles. The Kier molecular flexibility index (Phi) is 9.61. The lowest BCUT2D eigenvalue weighted by Gasteiger charge is -2.44. The van der Waals surface area contributed by atoms with Crippen molar-refractivity contribution in [2.75, 3.05) is 25.6 Å². The zero-order valence-corrected chi connectivity index (χ0v) is 23.6. The molecule has 0 aliphatic carbocycles. The number of halogens is 2. The molecule has 0 radical (unpaired) electrons. The molecule has 0 bridgehead atoms. The maximum atomic E-state index is 13.3. The second kappa shape index (κ2) is 12.9. The highest BCUT2D eigenvalue weighted by Gasteiger charge is 2.32. The Morgan fingerprint density at radius 3 is 2.46 bits per heavy atom. The number of rotatable bonds is 10. The van der Waals surface area contributed by atoms with Crippen LogP contribution in [0.15, 0.2) is 77.7 Å². The van der Waals surface area contributed by atoms with Crippen LogP contribution in [0.2, 0.25) is 5.02 Å². The number of piperazine rings is 1. The zero-order chi connectivity index (χ0) is 28.0. The van der Waals surface area contributed by atoms with Gasteiger partial charge in [-0.3, -0.25) is 15.0 Å². The van der Waals surface area contributed by atoms with Gasteiger partial charge in [-0.05, 0) is 61.9 Å². The molecule has 3 aromatic carbocycles. The number of nitrogens with zero attached hydrogens (tertiary/aromatic N) is 2. The van der Waals surface area contributed by atoms with E-state index in [2.05, 4.69) is 17.1 Å². The molecule has 1 heterocycles. The van der Waals surface area contributed by atoms with Gasteiger partial charge in [0.2, 0.25) is 0 Å². The van der Waals surface area contributed by atoms with Gasteiger partial charge in [-0.2, -0.15) is 0 Å². The normalized spacial score (nSPS) is 18.2. The third kappa shape index (κ3) is 7.79. The lowest BCUT2D eigenvalue weighted by Crippen LogP contribution is -2.58. The van der Waals surface area contributed by atoms with E-state index in [0.717, 1.165) is 5.56 Å². The Morgan fingerprint density at radius 2 is 1.74 bits per heavy atom. The van der Waals surface area contributed by atoms with Crippen LogP contribution in [0, 0.1) is 5.82 Å². The fraction of sp³-hybridized carbons (Fsp3) is 0.345. The van der Waals surface area contributed by atoms with Gasteiger partial charge in [-0.1, -0.05) is 41.9 Å². The molecule has 1 aliphatic heterocycles. The van der Waals surface area contributed by atoms with E-state index in [1.165, 1.54) is 12.1 Å². The number of hydrogen-bond donors (Lipinski definition) is 1. The summed E-state index contributed by atoms with van der Waals surface area (Å²) in [4.78, 5) is 17.5. The van der Waals surface area contributed by atoms with Crippen LogP contribution in [-0.2, 0) is 27.7 Å². The van der Waals surface area contributed by atoms with E-state index in [0.29, 0.717) is 36.0 Å². The quantitative estimate of drug-likeness (QED) is 0.385. The molecule has 10 heteroatoms. The second-order valence-electron chi connectivity index (χ2n) is 9.84. The predicted molar refractivity (Wildman–Crippen MR) is 150 cm³/mol. The molecule has 0 aromatic heterocycles. The molecule has 208 valence electrons. The second-order valence-corrected chi connectivity index (χ2v) is 12.3. The van der Waals surface area contributed by atoms with Crippen LogP contribution in [0.3, 0.4) is 0 Å². The molecular weight excluding hydrogens is 541 g/mol. The maximum absolute atomic E-state index is 13.3. The summed E-state index contributed by atoms with van der Waals surface area (Å²) in [5.74, 6) is -0.170. The molecule has 0 saturated carbocycles. The van der Waals surface area contributed by atoms with Crippen molar-refractivity contribution in [1.29, 1.82) is 0 Å². The van der Waals surface area contributed by atoms with Gasteiger partial charge in [0.25, 0.3) is 5.91 Å². The summed E-state index contributed by atoms with van der Waals surface area (Å²) in [6, 6.07) is 19.9. The molecule has 4 rings (SSSR count). The average molecular weight is 574 g/mol. The molecular formula is C29H33ClFN3O4S. The number of sulfone groups is 1. The first kappa shape index (κ1) is 29.0. The van der Waals surface area contributed by atoms with Crippen LogP contribution in [0.25, 0.3) is 0 Å². The minimum Gasteiger partial charge on any atom is -0.483 e. The summed E-state index contributed by atoms with van der Waals surface area (Å²) in [6.07, 6.45) is 0. The maximum Gasteiger partial charge on any atom is 0.260 e. The number of benzene rings is 3. The molecule has 0 unspecified atom stereocenters. The molecule has 39 heavy (non-hydrogen) atoms. The van der Waals surface area contributed by atoms with E-state index in [4.69, 9.17) is 16.3 Å². The van der Waals surface area contributed by atoms with Crippen molar-refractivity contribution < 1.29 is 22.3 Å². The van der Waals surface area contributed by atoms with Gasteiger partial charge < -0.3 is 9.64 Å². The number of nitrogens with one attached hydrogen (secondary N) is 1. The third-order valence-electron chi connectivity index (χ3n) is 6.82. The van der Waals surface area contributed by atoms with Crippen molar-refractivity contribution in [3.8, 4) is 5.75 Å². The Bertz CT molecular complexity index is 1370. The first-order valence-corrected chi connectivity index (χ1v) is 14.8. The summed E-state index contributed by atoms with van der Waals surface area (Å²) in [5.41, 5.74) is 1.68. The first-order chi connectivity index (χ1) is 18.6. The SMILES string of the molecule is C[C@@H]1CN(Cc2ccc(F)cc2)[C@@H](C)CN1C(=O)COc1ccc(Cl)cc1CNCS(=O)(=O)c1ccccc1. The summed E-state index contributed by atoms with van der Waals surface area (Å²) < 4.78 is 44.3. The van der Waals surface area contributed by atoms with Gasteiger partial charge >= 0.3 is 0 Å². The average Bonchev–Trinajstić information content (AvgIpc) is 2.91. The smallest absolute Gasteiger partial charge is 0.260 e. The number of carbonyl (C=O) groups is 1. The summed E-state index contributed by atoms with van der Waals surface area (Å²) in [7, 11) is -3.50. The van der Waals surface area contributed by atoms with E-state index in [1.807, 2.05) is 11.8 Å². The topological polar surface area (TPSA) is 79.0 Å². The van der Waals surface area contributed by atoms with Gasteiger partial charge in [0.15, 0.2) is 16.4 Å². The Hall–Kier alpha value is -2.98. The Morgan fingerprint density at radius 1 is 1.03 bits per heavy atom.